The average molecular weight is 244 g/mol. The van der Waals surface area contributed by atoms with Gasteiger partial charge < -0.3 is 5.73 Å². The van der Waals surface area contributed by atoms with Gasteiger partial charge in [-0.05, 0) is 55.7 Å². The van der Waals surface area contributed by atoms with E-state index in [4.69, 9.17) is 5.73 Å². The third-order valence-corrected chi connectivity index (χ3v) is 4.80. The Labute approximate surface area is 110 Å². The van der Waals surface area contributed by atoms with Crippen LogP contribution < -0.4 is 5.73 Å². The Morgan fingerprint density at radius 3 is 2.67 bits per heavy atom. The van der Waals surface area contributed by atoms with Crippen LogP contribution in [0.15, 0.2) is 30.3 Å². The number of likely N-dealkylation sites (tertiary alicyclic amines) is 1. The van der Waals surface area contributed by atoms with E-state index >= 15 is 0 Å². The molecule has 0 aromatic heterocycles. The Morgan fingerprint density at radius 1 is 1.22 bits per heavy atom. The topological polar surface area (TPSA) is 29.3 Å². The van der Waals surface area contributed by atoms with E-state index in [9.17, 15) is 0 Å². The Balaban J connectivity index is 1.63. The highest BCUT2D eigenvalue weighted by molar-refractivity contribution is 5.15. The fourth-order valence-electron chi connectivity index (χ4n) is 3.69. The van der Waals surface area contributed by atoms with Gasteiger partial charge in [-0.3, -0.25) is 4.90 Å². The molecule has 2 fully saturated rings. The molecule has 0 amide bonds. The molecule has 2 heteroatoms. The predicted molar refractivity (Wildman–Crippen MR) is 75.2 cm³/mol. The van der Waals surface area contributed by atoms with Crippen LogP contribution in [0.2, 0.25) is 0 Å². The van der Waals surface area contributed by atoms with Crippen LogP contribution in [0.1, 0.15) is 31.2 Å². The molecular formula is C16H24N2. The molecule has 1 aliphatic carbocycles. The van der Waals surface area contributed by atoms with Gasteiger partial charge >= 0.3 is 0 Å². The smallest absolute Gasteiger partial charge is 0.0233 e. The highest BCUT2D eigenvalue weighted by atomic mass is 15.2. The van der Waals surface area contributed by atoms with Crippen LogP contribution in [0.25, 0.3) is 0 Å². The first-order valence-electron chi connectivity index (χ1n) is 7.29. The summed E-state index contributed by atoms with van der Waals surface area (Å²) in [5.74, 6) is 0.974. The molecule has 1 saturated carbocycles. The Bertz CT molecular complexity index is 385. The Morgan fingerprint density at radius 2 is 2.00 bits per heavy atom. The van der Waals surface area contributed by atoms with Crippen LogP contribution in [0, 0.1) is 11.3 Å². The third-order valence-electron chi connectivity index (χ3n) is 4.80. The maximum Gasteiger partial charge on any atom is 0.0233 e. The zero-order valence-electron chi connectivity index (χ0n) is 11.1. The molecule has 1 aliphatic heterocycles. The summed E-state index contributed by atoms with van der Waals surface area (Å²) >= 11 is 0. The highest BCUT2D eigenvalue weighted by Gasteiger charge is 2.48. The van der Waals surface area contributed by atoms with Gasteiger partial charge in [-0.2, -0.15) is 0 Å². The number of hydrogen-bond acceptors (Lipinski definition) is 2. The molecule has 2 nitrogen and oxygen atoms in total. The zero-order chi connectivity index (χ0) is 12.4. The summed E-state index contributed by atoms with van der Waals surface area (Å²) in [5, 5.41) is 0. The van der Waals surface area contributed by atoms with Crippen LogP contribution in [-0.2, 0) is 6.54 Å². The van der Waals surface area contributed by atoms with Crippen molar-refractivity contribution < 1.29 is 0 Å². The molecule has 0 bridgehead atoms. The van der Waals surface area contributed by atoms with E-state index in [2.05, 4.69) is 35.2 Å². The van der Waals surface area contributed by atoms with E-state index in [1.807, 2.05) is 0 Å². The Hall–Kier alpha value is -0.860. The van der Waals surface area contributed by atoms with Crippen molar-refractivity contribution in [1.29, 1.82) is 0 Å². The SMILES string of the molecule is NCCC1(C2CC2)CCN(Cc2ccccc2)C1. The summed E-state index contributed by atoms with van der Waals surface area (Å²) in [6, 6.07) is 10.8. The molecule has 0 spiro atoms. The van der Waals surface area contributed by atoms with Crippen molar-refractivity contribution in [3.8, 4) is 0 Å². The predicted octanol–water partition coefficient (Wildman–Crippen LogP) is 2.64. The summed E-state index contributed by atoms with van der Waals surface area (Å²) < 4.78 is 0. The van der Waals surface area contributed by atoms with Crippen LogP contribution in [0.3, 0.4) is 0 Å². The van der Waals surface area contributed by atoms with Crippen LogP contribution >= 0.6 is 0 Å². The molecule has 3 rings (SSSR count). The van der Waals surface area contributed by atoms with Gasteiger partial charge in [0.1, 0.15) is 0 Å². The molecule has 1 atom stereocenters. The van der Waals surface area contributed by atoms with E-state index in [1.165, 1.54) is 44.3 Å². The van der Waals surface area contributed by atoms with E-state index in [0.717, 1.165) is 19.0 Å². The van der Waals surface area contributed by atoms with Gasteiger partial charge in [0.2, 0.25) is 0 Å². The lowest BCUT2D eigenvalue weighted by Gasteiger charge is -2.29. The average Bonchev–Trinajstić information content (AvgIpc) is 3.17. The minimum atomic E-state index is 0.559. The number of nitrogens with two attached hydrogens (primary N) is 1. The quantitative estimate of drug-likeness (QED) is 0.863. The van der Waals surface area contributed by atoms with E-state index in [0.29, 0.717) is 5.41 Å². The van der Waals surface area contributed by atoms with Crippen LogP contribution in [0.5, 0.6) is 0 Å². The fourth-order valence-corrected chi connectivity index (χ4v) is 3.69. The van der Waals surface area contributed by atoms with E-state index in [-0.39, 0.29) is 0 Å². The highest BCUT2D eigenvalue weighted by Crippen LogP contribution is 2.52. The van der Waals surface area contributed by atoms with Crippen molar-refractivity contribution in [1.82, 2.24) is 4.90 Å². The lowest BCUT2D eigenvalue weighted by atomic mass is 9.78. The second-order valence-corrected chi connectivity index (χ2v) is 6.12. The van der Waals surface area contributed by atoms with Gasteiger partial charge in [-0.1, -0.05) is 30.3 Å². The largest absolute Gasteiger partial charge is 0.330 e. The Kier molecular flexibility index (Phi) is 3.40. The van der Waals surface area contributed by atoms with E-state index in [1.54, 1.807) is 0 Å². The van der Waals surface area contributed by atoms with Crippen molar-refractivity contribution >= 4 is 0 Å². The van der Waals surface area contributed by atoms with Crippen molar-refractivity contribution in [3.05, 3.63) is 35.9 Å². The number of nitrogens with zero attached hydrogens (tertiary/aromatic N) is 1. The minimum Gasteiger partial charge on any atom is -0.330 e. The molecule has 1 aromatic carbocycles. The van der Waals surface area contributed by atoms with Crippen molar-refractivity contribution in [2.45, 2.75) is 32.2 Å². The van der Waals surface area contributed by atoms with Crippen LogP contribution in [-0.4, -0.2) is 24.5 Å². The fraction of sp³-hybridized carbons (Fsp3) is 0.625. The maximum atomic E-state index is 5.84. The summed E-state index contributed by atoms with van der Waals surface area (Å²) in [4.78, 5) is 2.63. The standard InChI is InChI=1S/C16H24N2/c17-10-8-16(15-6-7-15)9-11-18(13-16)12-14-4-2-1-3-5-14/h1-5,15H,6-13,17H2. The molecule has 18 heavy (non-hydrogen) atoms. The van der Waals surface area contributed by atoms with Gasteiger partial charge in [-0.15, -0.1) is 0 Å². The molecular weight excluding hydrogens is 220 g/mol. The molecule has 98 valence electrons. The van der Waals surface area contributed by atoms with Crippen molar-refractivity contribution in [3.63, 3.8) is 0 Å². The van der Waals surface area contributed by atoms with Crippen molar-refractivity contribution in [2.24, 2.45) is 17.1 Å². The van der Waals surface area contributed by atoms with E-state index < -0.39 is 0 Å². The first-order valence-corrected chi connectivity index (χ1v) is 7.29. The third kappa shape index (κ3) is 2.45. The van der Waals surface area contributed by atoms with Gasteiger partial charge in [0.25, 0.3) is 0 Å². The molecule has 1 saturated heterocycles. The number of hydrogen-bond donors (Lipinski definition) is 1. The van der Waals surface area contributed by atoms with Gasteiger partial charge in [0.15, 0.2) is 0 Å². The lowest BCUT2D eigenvalue weighted by molar-refractivity contribution is 0.207. The molecule has 1 heterocycles. The van der Waals surface area contributed by atoms with Gasteiger partial charge in [0, 0.05) is 13.1 Å². The normalized spacial score (nSPS) is 28.7. The summed E-state index contributed by atoms with van der Waals surface area (Å²) in [6.07, 6.45) is 5.48. The van der Waals surface area contributed by atoms with Crippen molar-refractivity contribution in [2.75, 3.05) is 19.6 Å². The van der Waals surface area contributed by atoms with Crippen LogP contribution in [0.4, 0.5) is 0 Å². The first-order chi connectivity index (χ1) is 8.82. The molecule has 1 aromatic rings. The second-order valence-electron chi connectivity index (χ2n) is 6.12. The molecule has 2 N–H and O–H groups in total. The summed E-state index contributed by atoms with van der Waals surface area (Å²) in [6.45, 7) is 4.49. The number of benzene rings is 1. The molecule has 1 unspecified atom stereocenters. The second kappa shape index (κ2) is 5.02. The minimum absolute atomic E-state index is 0.559. The summed E-state index contributed by atoms with van der Waals surface area (Å²) in [5.41, 5.74) is 7.84. The maximum absolute atomic E-state index is 5.84. The monoisotopic (exact) mass is 244 g/mol. The zero-order valence-corrected chi connectivity index (χ0v) is 11.1. The summed E-state index contributed by atoms with van der Waals surface area (Å²) in [7, 11) is 0. The molecule has 2 aliphatic rings. The first kappa shape index (κ1) is 12.2. The van der Waals surface area contributed by atoms with Gasteiger partial charge in [0.05, 0.1) is 0 Å². The van der Waals surface area contributed by atoms with Gasteiger partial charge in [-0.25, -0.2) is 0 Å². The molecule has 0 radical (unpaired) electrons. The lowest BCUT2D eigenvalue weighted by Crippen LogP contribution is -2.31. The number of rotatable bonds is 5.